The number of aryl methyl sites for hydroxylation is 2. The predicted molar refractivity (Wildman–Crippen MR) is 102 cm³/mol. The van der Waals surface area contributed by atoms with Crippen molar-refractivity contribution in [2.45, 2.75) is 76.4 Å². The average molecular weight is 370 g/mol. The molecule has 27 heavy (non-hydrogen) atoms. The van der Waals surface area contributed by atoms with Gasteiger partial charge >= 0.3 is 0 Å². The number of carbonyl (C=O) groups is 1. The van der Waals surface area contributed by atoms with Gasteiger partial charge in [0, 0.05) is 36.2 Å². The third-order valence-corrected chi connectivity index (χ3v) is 7.27. The minimum Gasteiger partial charge on any atom is -0.474 e. The maximum atomic E-state index is 12.5. The van der Waals surface area contributed by atoms with E-state index < -0.39 is 5.60 Å². The zero-order valence-corrected chi connectivity index (χ0v) is 16.2. The predicted octanol–water partition coefficient (Wildman–Crippen LogP) is 2.88. The van der Waals surface area contributed by atoms with E-state index in [1.165, 1.54) is 17.7 Å². The Labute approximate surface area is 161 Å². The van der Waals surface area contributed by atoms with Crippen LogP contribution >= 0.6 is 0 Å². The Morgan fingerprint density at radius 1 is 1.22 bits per heavy atom. The molecule has 5 rings (SSSR count). The molecular formula is C22H30N2O3. The molecule has 0 bridgehead atoms. The zero-order valence-electron chi connectivity index (χ0n) is 16.2. The number of nitrogens with zero attached hydrogens (tertiary/aromatic N) is 2. The Hall–Kier alpha value is -1.62. The summed E-state index contributed by atoms with van der Waals surface area (Å²) in [6, 6.07) is 4.22. The van der Waals surface area contributed by atoms with Crippen LogP contribution in [-0.2, 0) is 17.6 Å². The van der Waals surface area contributed by atoms with Crippen molar-refractivity contribution in [3.05, 3.63) is 23.4 Å². The van der Waals surface area contributed by atoms with Crippen LogP contribution < -0.4 is 4.74 Å². The number of likely N-dealkylation sites (tertiary alicyclic amines) is 1. The molecule has 1 amide bonds. The zero-order chi connectivity index (χ0) is 18.6. The van der Waals surface area contributed by atoms with Crippen molar-refractivity contribution in [2.24, 2.45) is 11.3 Å². The molecule has 2 saturated carbocycles. The highest BCUT2D eigenvalue weighted by Gasteiger charge is 2.51. The summed E-state index contributed by atoms with van der Waals surface area (Å²) in [6.45, 7) is 3.62. The van der Waals surface area contributed by atoms with Gasteiger partial charge in [0.15, 0.2) is 0 Å². The molecule has 0 radical (unpaired) electrons. The summed E-state index contributed by atoms with van der Waals surface area (Å²) in [5.74, 6) is 1.09. The molecule has 0 atom stereocenters. The number of aromatic nitrogens is 1. The first kappa shape index (κ1) is 17.5. The average Bonchev–Trinajstić information content (AvgIpc) is 3.05. The van der Waals surface area contributed by atoms with Crippen molar-refractivity contribution in [3.63, 3.8) is 0 Å². The molecule has 5 heteroatoms. The van der Waals surface area contributed by atoms with E-state index in [0.717, 1.165) is 57.5 Å². The molecule has 0 aromatic carbocycles. The van der Waals surface area contributed by atoms with E-state index in [4.69, 9.17) is 9.72 Å². The first-order chi connectivity index (χ1) is 12.9. The molecule has 1 saturated heterocycles. The van der Waals surface area contributed by atoms with Crippen LogP contribution in [0.25, 0.3) is 0 Å². The molecule has 1 spiro atoms. The van der Waals surface area contributed by atoms with Crippen LogP contribution in [-0.4, -0.2) is 45.7 Å². The number of amides is 1. The highest BCUT2D eigenvalue weighted by molar-refractivity contribution is 5.81. The van der Waals surface area contributed by atoms with E-state index in [1.54, 1.807) is 0 Å². The monoisotopic (exact) mass is 370 g/mol. The molecule has 1 aliphatic heterocycles. The molecule has 1 aromatic rings. The van der Waals surface area contributed by atoms with Crippen LogP contribution in [0, 0.1) is 11.3 Å². The number of carbonyl (C=O) groups excluding carboxylic acids is 1. The van der Waals surface area contributed by atoms with Gasteiger partial charge in [-0.15, -0.1) is 0 Å². The molecule has 0 unspecified atom stereocenters. The van der Waals surface area contributed by atoms with Gasteiger partial charge in [0.1, 0.15) is 6.10 Å². The Morgan fingerprint density at radius 2 is 1.96 bits per heavy atom. The van der Waals surface area contributed by atoms with Gasteiger partial charge < -0.3 is 14.7 Å². The minimum atomic E-state index is -0.621. The van der Waals surface area contributed by atoms with Gasteiger partial charge in [0.25, 0.3) is 0 Å². The van der Waals surface area contributed by atoms with Crippen LogP contribution in [0.2, 0.25) is 0 Å². The van der Waals surface area contributed by atoms with Crippen molar-refractivity contribution >= 4 is 5.91 Å². The smallest absolute Gasteiger partial charge is 0.225 e. The Morgan fingerprint density at radius 3 is 2.67 bits per heavy atom. The summed E-state index contributed by atoms with van der Waals surface area (Å²) >= 11 is 0. The summed E-state index contributed by atoms with van der Waals surface area (Å²) in [5.41, 5.74) is 2.30. The van der Waals surface area contributed by atoms with Gasteiger partial charge in [0.2, 0.25) is 11.8 Å². The van der Waals surface area contributed by atoms with Gasteiger partial charge in [0.05, 0.1) is 5.60 Å². The lowest BCUT2D eigenvalue weighted by molar-refractivity contribution is -0.164. The van der Waals surface area contributed by atoms with Gasteiger partial charge in [-0.05, 0) is 70.3 Å². The van der Waals surface area contributed by atoms with Crippen molar-refractivity contribution in [3.8, 4) is 5.88 Å². The Kier molecular flexibility index (Phi) is 4.01. The van der Waals surface area contributed by atoms with Crippen LogP contribution in [0.4, 0.5) is 0 Å². The molecule has 3 aliphatic carbocycles. The van der Waals surface area contributed by atoms with Crippen molar-refractivity contribution in [2.75, 3.05) is 13.1 Å². The van der Waals surface area contributed by atoms with Crippen molar-refractivity contribution < 1.29 is 14.6 Å². The van der Waals surface area contributed by atoms with E-state index in [2.05, 4.69) is 6.07 Å². The number of fused-ring (bicyclic) bond motifs is 1. The fourth-order valence-corrected chi connectivity index (χ4v) is 5.63. The Balaban J connectivity index is 1.10. The standard InChI is InChI=1S/C22H30N2O3/c1-21(26)11-16(12-21)20(25)24-13-22(14-24)9-7-17(8-10-22)27-19-6-5-15-3-2-4-18(15)23-19/h5-6,16-17,26H,2-4,7-14H2,1H3/t16-,21+. The normalized spacial score (nSPS) is 31.9. The van der Waals surface area contributed by atoms with Crippen LogP contribution in [0.15, 0.2) is 12.1 Å². The van der Waals surface area contributed by atoms with E-state index in [0.29, 0.717) is 18.3 Å². The molecule has 5 nitrogen and oxygen atoms in total. The third-order valence-electron chi connectivity index (χ3n) is 7.27. The largest absolute Gasteiger partial charge is 0.474 e. The van der Waals surface area contributed by atoms with Gasteiger partial charge in [-0.3, -0.25) is 4.79 Å². The molecule has 1 N–H and O–H groups in total. The molecule has 4 aliphatic rings. The maximum absolute atomic E-state index is 12.5. The summed E-state index contributed by atoms with van der Waals surface area (Å²) < 4.78 is 6.19. The molecule has 146 valence electrons. The number of pyridine rings is 1. The van der Waals surface area contributed by atoms with E-state index in [1.807, 2.05) is 17.9 Å². The maximum Gasteiger partial charge on any atom is 0.225 e. The second kappa shape index (κ2) is 6.20. The van der Waals surface area contributed by atoms with Gasteiger partial charge in [-0.1, -0.05) is 6.07 Å². The molecule has 1 aromatic heterocycles. The van der Waals surface area contributed by atoms with E-state index in [-0.39, 0.29) is 17.9 Å². The van der Waals surface area contributed by atoms with Crippen molar-refractivity contribution in [1.82, 2.24) is 9.88 Å². The lowest BCUT2D eigenvalue weighted by Crippen LogP contribution is -2.63. The third kappa shape index (κ3) is 3.24. The lowest BCUT2D eigenvalue weighted by atomic mass is 9.66. The van der Waals surface area contributed by atoms with Gasteiger partial charge in [-0.2, -0.15) is 0 Å². The van der Waals surface area contributed by atoms with Crippen molar-refractivity contribution in [1.29, 1.82) is 0 Å². The Bertz CT molecular complexity index is 736. The summed E-state index contributed by atoms with van der Waals surface area (Å²) in [4.78, 5) is 19.2. The van der Waals surface area contributed by atoms with E-state index in [9.17, 15) is 9.90 Å². The van der Waals surface area contributed by atoms with Crippen LogP contribution in [0.3, 0.4) is 0 Å². The number of ether oxygens (including phenoxy) is 1. The fraction of sp³-hybridized carbons (Fsp3) is 0.727. The summed E-state index contributed by atoms with van der Waals surface area (Å²) in [6.07, 6.45) is 9.34. The highest BCUT2D eigenvalue weighted by atomic mass is 16.5. The quantitative estimate of drug-likeness (QED) is 0.889. The topological polar surface area (TPSA) is 62.7 Å². The number of hydrogen-bond donors (Lipinski definition) is 1. The highest BCUT2D eigenvalue weighted by Crippen LogP contribution is 2.47. The summed E-state index contributed by atoms with van der Waals surface area (Å²) in [5, 5.41) is 9.86. The fourth-order valence-electron chi connectivity index (χ4n) is 5.63. The lowest BCUT2D eigenvalue weighted by Gasteiger charge is -2.55. The second-order valence-corrected chi connectivity index (χ2v) is 9.72. The van der Waals surface area contributed by atoms with E-state index >= 15 is 0 Å². The SMILES string of the molecule is C[C@]1(O)C[C@@H](C(=O)N2CC3(CCC(Oc4ccc5c(n4)CCC5)CC3)C2)C1. The minimum absolute atomic E-state index is 0.0444. The first-order valence-corrected chi connectivity index (χ1v) is 10.6. The van der Waals surface area contributed by atoms with Crippen LogP contribution in [0.1, 0.15) is 63.1 Å². The second-order valence-electron chi connectivity index (χ2n) is 9.72. The molecular weight excluding hydrogens is 340 g/mol. The first-order valence-electron chi connectivity index (χ1n) is 10.6. The number of rotatable bonds is 3. The molecule has 2 heterocycles. The molecule has 3 fully saturated rings. The number of hydrogen-bond acceptors (Lipinski definition) is 4. The van der Waals surface area contributed by atoms with Gasteiger partial charge in [-0.25, -0.2) is 4.98 Å². The van der Waals surface area contributed by atoms with Crippen LogP contribution in [0.5, 0.6) is 5.88 Å². The number of aliphatic hydroxyl groups is 1. The summed E-state index contributed by atoms with van der Waals surface area (Å²) in [7, 11) is 0.